The Bertz CT molecular complexity index is 631. The van der Waals surface area contributed by atoms with Crippen LogP contribution in [0.3, 0.4) is 0 Å². The lowest BCUT2D eigenvalue weighted by Gasteiger charge is -2.21. The molecule has 0 spiro atoms. The standard InChI is InChI=1S/C17H23N3OS/c1-4-20(5-2)13-7-9-15(17(22)11-13)19-12-6-8-14(18)16(10-12)21-3/h7-11,22H,4-6,18H2,1-3H3. The van der Waals surface area contributed by atoms with Gasteiger partial charge in [-0.05, 0) is 32.0 Å². The van der Waals surface area contributed by atoms with Gasteiger partial charge in [-0.25, -0.2) is 0 Å². The summed E-state index contributed by atoms with van der Waals surface area (Å²) in [5.74, 6) is 0.658. The predicted octanol–water partition coefficient (Wildman–Crippen LogP) is 3.67. The Kier molecular flexibility index (Phi) is 5.55. The molecular formula is C17H23N3OS. The third-order valence-electron chi connectivity index (χ3n) is 3.68. The average Bonchev–Trinajstić information content (AvgIpc) is 2.52. The number of anilines is 1. The van der Waals surface area contributed by atoms with Crippen LogP contribution in [0.25, 0.3) is 0 Å². The van der Waals surface area contributed by atoms with Gasteiger partial charge in [0.2, 0.25) is 0 Å². The van der Waals surface area contributed by atoms with Crippen molar-refractivity contribution in [3.8, 4) is 0 Å². The summed E-state index contributed by atoms with van der Waals surface area (Å²) >= 11 is 4.58. The molecule has 0 atom stereocenters. The molecule has 2 rings (SSSR count). The summed E-state index contributed by atoms with van der Waals surface area (Å²) in [6, 6.07) is 6.15. The van der Waals surface area contributed by atoms with Gasteiger partial charge in [0, 0.05) is 41.9 Å². The number of rotatable bonds is 5. The summed E-state index contributed by atoms with van der Waals surface area (Å²) in [5.41, 5.74) is 9.44. The molecule has 0 unspecified atom stereocenters. The van der Waals surface area contributed by atoms with Crippen LogP contribution >= 0.6 is 12.6 Å². The maximum Gasteiger partial charge on any atom is 0.143 e. The first kappa shape index (κ1) is 16.5. The van der Waals surface area contributed by atoms with Gasteiger partial charge < -0.3 is 15.4 Å². The SMILES string of the molecule is CCN(CC)c1ccc(N=C2C=C(OC)C(N)=CC2)c(S)c1. The van der Waals surface area contributed by atoms with Crippen LogP contribution in [0.5, 0.6) is 0 Å². The van der Waals surface area contributed by atoms with Crippen molar-refractivity contribution in [3.63, 3.8) is 0 Å². The largest absolute Gasteiger partial charge is 0.495 e. The van der Waals surface area contributed by atoms with Crippen LogP contribution in [-0.2, 0) is 4.74 Å². The van der Waals surface area contributed by atoms with Crippen molar-refractivity contribution in [2.24, 2.45) is 10.7 Å². The second-order valence-electron chi connectivity index (χ2n) is 5.02. The van der Waals surface area contributed by atoms with Crippen molar-refractivity contribution < 1.29 is 4.74 Å². The lowest BCUT2D eigenvalue weighted by atomic mass is 10.1. The van der Waals surface area contributed by atoms with E-state index in [0.29, 0.717) is 17.9 Å². The normalized spacial score (nSPS) is 16.3. The Balaban J connectivity index is 2.28. The molecule has 0 saturated heterocycles. The van der Waals surface area contributed by atoms with E-state index in [-0.39, 0.29) is 0 Å². The summed E-state index contributed by atoms with van der Waals surface area (Å²) in [4.78, 5) is 7.82. The van der Waals surface area contributed by atoms with Crippen LogP contribution in [-0.4, -0.2) is 25.9 Å². The third-order valence-corrected chi connectivity index (χ3v) is 4.04. The molecule has 0 radical (unpaired) electrons. The predicted molar refractivity (Wildman–Crippen MR) is 96.3 cm³/mol. The molecule has 0 aromatic heterocycles. The zero-order valence-electron chi connectivity index (χ0n) is 13.3. The highest BCUT2D eigenvalue weighted by molar-refractivity contribution is 7.80. The Morgan fingerprint density at radius 2 is 2.05 bits per heavy atom. The van der Waals surface area contributed by atoms with Gasteiger partial charge in [-0.15, -0.1) is 12.6 Å². The number of methoxy groups -OCH3 is 1. The van der Waals surface area contributed by atoms with Crippen molar-refractivity contribution in [2.75, 3.05) is 25.1 Å². The van der Waals surface area contributed by atoms with Crippen molar-refractivity contribution in [2.45, 2.75) is 25.2 Å². The minimum atomic E-state index is 0.657. The number of ether oxygens (including phenoxy) is 1. The van der Waals surface area contributed by atoms with E-state index in [2.05, 4.69) is 48.5 Å². The number of aliphatic imine (C=N–C) groups is 1. The fraction of sp³-hybridized carbons (Fsp3) is 0.353. The first-order valence-corrected chi connectivity index (χ1v) is 7.91. The Hall–Kier alpha value is -1.88. The first-order chi connectivity index (χ1) is 10.6. The van der Waals surface area contributed by atoms with E-state index in [1.807, 2.05) is 18.2 Å². The van der Waals surface area contributed by atoms with Crippen LogP contribution in [0.2, 0.25) is 0 Å². The fourth-order valence-electron chi connectivity index (χ4n) is 2.41. The van der Waals surface area contributed by atoms with Crippen LogP contribution in [0.1, 0.15) is 20.3 Å². The minimum absolute atomic E-state index is 0.657. The topological polar surface area (TPSA) is 50.8 Å². The molecule has 0 heterocycles. The van der Waals surface area contributed by atoms with Crippen LogP contribution in [0.4, 0.5) is 11.4 Å². The van der Waals surface area contributed by atoms with Gasteiger partial charge in [0.15, 0.2) is 0 Å². The summed E-state index contributed by atoms with van der Waals surface area (Å²) in [6.07, 6.45) is 4.49. The molecule has 0 fully saturated rings. The molecule has 0 aliphatic heterocycles. The number of hydrogen-bond acceptors (Lipinski definition) is 5. The van der Waals surface area contributed by atoms with E-state index in [9.17, 15) is 0 Å². The molecule has 118 valence electrons. The molecule has 1 aromatic rings. The van der Waals surface area contributed by atoms with E-state index >= 15 is 0 Å². The Morgan fingerprint density at radius 3 is 2.64 bits per heavy atom. The average molecular weight is 317 g/mol. The van der Waals surface area contributed by atoms with Crippen LogP contribution in [0, 0.1) is 0 Å². The van der Waals surface area contributed by atoms with E-state index in [4.69, 9.17) is 10.5 Å². The summed E-state index contributed by atoms with van der Waals surface area (Å²) in [5, 5.41) is 0. The number of hydrogen-bond donors (Lipinski definition) is 2. The summed E-state index contributed by atoms with van der Waals surface area (Å²) in [6.45, 7) is 6.24. The van der Waals surface area contributed by atoms with Crippen molar-refractivity contribution >= 4 is 29.7 Å². The van der Waals surface area contributed by atoms with E-state index < -0.39 is 0 Å². The van der Waals surface area contributed by atoms with Crippen molar-refractivity contribution in [1.29, 1.82) is 0 Å². The zero-order chi connectivity index (χ0) is 16.1. The molecule has 22 heavy (non-hydrogen) atoms. The number of allylic oxidation sites excluding steroid dienone is 2. The van der Waals surface area contributed by atoms with Gasteiger partial charge in [-0.1, -0.05) is 6.08 Å². The maximum absolute atomic E-state index is 5.85. The lowest BCUT2D eigenvalue weighted by molar-refractivity contribution is 0.299. The number of nitrogens with two attached hydrogens (primary N) is 1. The van der Waals surface area contributed by atoms with E-state index in [1.165, 1.54) is 5.69 Å². The van der Waals surface area contributed by atoms with Gasteiger partial charge in [-0.2, -0.15) is 0 Å². The van der Waals surface area contributed by atoms with Crippen molar-refractivity contribution in [3.05, 3.63) is 41.8 Å². The van der Waals surface area contributed by atoms with Gasteiger partial charge in [0.05, 0.1) is 18.5 Å². The number of benzene rings is 1. The maximum atomic E-state index is 5.85. The highest BCUT2D eigenvalue weighted by atomic mass is 32.1. The van der Waals surface area contributed by atoms with Gasteiger partial charge >= 0.3 is 0 Å². The Morgan fingerprint density at radius 1 is 1.32 bits per heavy atom. The Labute approximate surface area is 137 Å². The molecule has 0 saturated carbocycles. The van der Waals surface area contributed by atoms with E-state index in [0.717, 1.165) is 29.4 Å². The van der Waals surface area contributed by atoms with E-state index in [1.54, 1.807) is 7.11 Å². The number of thiol groups is 1. The first-order valence-electron chi connectivity index (χ1n) is 7.46. The van der Waals surface area contributed by atoms with Gasteiger partial charge in [-0.3, -0.25) is 4.99 Å². The van der Waals surface area contributed by atoms with Gasteiger partial charge in [0.25, 0.3) is 0 Å². The molecule has 1 aliphatic rings. The molecule has 5 heteroatoms. The molecule has 1 aliphatic carbocycles. The van der Waals surface area contributed by atoms with Crippen LogP contribution in [0.15, 0.2) is 51.7 Å². The molecule has 2 N–H and O–H groups in total. The second-order valence-corrected chi connectivity index (χ2v) is 5.51. The molecule has 1 aromatic carbocycles. The van der Waals surface area contributed by atoms with Crippen molar-refractivity contribution in [1.82, 2.24) is 0 Å². The minimum Gasteiger partial charge on any atom is -0.495 e. The lowest BCUT2D eigenvalue weighted by Crippen LogP contribution is -2.21. The monoisotopic (exact) mass is 317 g/mol. The molecule has 0 amide bonds. The second kappa shape index (κ2) is 7.40. The van der Waals surface area contributed by atoms with Crippen LogP contribution < -0.4 is 10.6 Å². The quantitative estimate of drug-likeness (QED) is 0.815. The third kappa shape index (κ3) is 3.65. The summed E-state index contributed by atoms with van der Waals surface area (Å²) in [7, 11) is 1.61. The fourth-order valence-corrected chi connectivity index (χ4v) is 2.67. The molecular weight excluding hydrogens is 294 g/mol. The molecule has 4 nitrogen and oxygen atoms in total. The zero-order valence-corrected chi connectivity index (χ0v) is 14.2. The highest BCUT2D eigenvalue weighted by Crippen LogP contribution is 2.29. The number of nitrogens with zero attached hydrogens (tertiary/aromatic N) is 2. The summed E-state index contributed by atoms with van der Waals surface area (Å²) < 4.78 is 5.24. The smallest absolute Gasteiger partial charge is 0.143 e. The van der Waals surface area contributed by atoms with Gasteiger partial charge in [0.1, 0.15) is 5.76 Å². The molecule has 0 bridgehead atoms. The highest BCUT2D eigenvalue weighted by Gasteiger charge is 2.11.